The zero-order valence-electron chi connectivity index (χ0n) is 13.7. The highest BCUT2D eigenvalue weighted by Gasteiger charge is 2.27. The number of nitrogens with zero attached hydrogens (tertiary/aromatic N) is 1. The van der Waals surface area contributed by atoms with Gasteiger partial charge in [0.1, 0.15) is 5.71 Å². The first kappa shape index (κ1) is 17.1. The van der Waals surface area contributed by atoms with Crippen LogP contribution in [0, 0.1) is 0 Å². The van der Waals surface area contributed by atoms with Gasteiger partial charge in [-0.05, 0) is 42.8 Å². The average Bonchev–Trinajstić information content (AvgIpc) is 2.89. The summed E-state index contributed by atoms with van der Waals surface area (Å²) in [7, 11) is 0. The van der Waals surface area contributed by atoms with Gasteiger partial charge in [-0.2, -0.15) is 0 Å². The monoisotopic (exact) mass is 353 g/mol. The predicted octanol–water partition coefficient (Wildman–Crippen LogP) is 3.70. The van der Waals surface area contributed by atoms with E-state index in [0.717, 1.165) is 15.4 Å². The fourth-order valence-corrected chi connectivity index (χ4v) is 3.39. The number of hydrogen-bond donors (Lipinski definition) is 0. The van der Waals surface area contributed by atoms with Crippen molar-refractivity contribution in [1.82, 2.24) is 0 Å². The van der Waals surface area contributed by atoms with E-state index in [4.69, 9.17) is 0 Å². The van der Waals surface area contributed by atoms with E-state index in [0.29, 0.717) is 17.5 Å². The lowest BCUT2D eigenvalue weighted by atomic mass is 10.1. The Bertz CT molecular complexity index is 900. The van der Waals surface area contributed by atoms with Crippen LogP contribution in [0.2, 0.25) is 0 Å². The van der Waals surface area contributed by atoms with Gasteiger partial charge in [0, 0.05) is 34.3 Å². The van der Waals surface area contributed by atoms with Crippen LogP contribution >= 0.6 is 11.8 Å². The fourth-order valence-electron chi connectivity index (χ4n) is 2.50. The average molecular weight is 353 g/mol. The number of fused-ring (bicyclic) bond motifs is 1. The Morgan fingerprint density at radius 2 is 1.72 bits per heavy atom. The standard InChI is InChI=1S/C19H15NO4S/c1-11(21)13-3-5-15(6-4-13)25-16-7-8-17-14(9-16)10-18(19(17)23)20-24-12(2)22/h3-9H,10H2,1-2H3. The van der Waals surface area contributed by atoms with Crippen molar-refractivity contribution in [3.05, 3.63) is 59.2 Å². The third-order valence-corrected chi connectivity index (χ3v) is 4.72. The van der Waals surface area contributed by atoms with Crippen molar-refractivity contribution in [2.45, 2.75) is 30.1 Å². The lowest BCUT2D eigenvalue weighted by Gasteiger charge is -2.04. The molecular weight excluding hydrogens is 338 g/mol. The maximum atomic E-state index is 12.2. The first-order chi connectivity index (χ1) is 11.9. The summed E-state index contributed by atoms with van der Waals surface area (Å²) in [6, 6.07) is 13.0. The minimum atomic E-state index is -0.554. The highest BCUT2D eigenvalue weighted by atomic mass is 32.2. The van der Waals surface area contributed by atoms with Crippen LogP contribution in [0.15, 0.2) is 57.4 Å². The van der Waals surface area contributed by atoms with Gasteiger partial charge >= 0.3 is 5.97 Å². The van der Waals surface area contributed by atoms with E-state index in [1.54, 1.807) is 30.0 Å². The molecule has 0 radical (unpaired) electrons. The van der Waals surface area contributed by atoms with Crippen LogP contribution in [0.4, 0.5) is 0 Å². The molecule has 5 nitrogen and oxygen atoms in total. The largest absolute Gasteiger partial charge is 0.331 e. The Morgan fingerprint density at radius 1 is 1.04 bits per heavy atom. The van der Waals surface area contributed by atoms with Gasteiger partial charge < -0.3 is 4.84 Å². The summed E-state index contributed by atoms with van der Waals surface area (Å²) in [6.45, 7) is 2.78. The molecule has 0 aromatic heterocycles. The van der Waals surface area contributed by atoms with Crippen molar-refractivity contribution in [2.24, 2.45) is 5.16 Å². The molecular formula is C19H15NO4S. The van der Waals surface area contributed by atoms with E-state index < -0.39 is 5.97 Å². The van der Waals surface area contributed by atoms with E-state index in [-0.39, 0.29) is 17.3 Å². The maximum Gasteiger partial charge on any atom is 0.331 e. The number of benzene rings is 2. The van der Waals surface area contributed by atoms with Gasteiger partial charge in [-0.25, -0.2) is 4.79 Å². The van der Waals surface area contributed by atoms with Crippen molar-refractivity contribution in [3.63, 3.8) is 0 Å². The molecule has 3 rings (SSSR count). The Morgan fingerprint density at radius 3 is 2.36 bits per heavy atom. The van der Waals surface area contributed by atoms with Gasteiger partial charge in [0.25, 0.3) is 0 Å². The molecule has 126 valence electrons. The predicted molar refractivity (Wildman–Crippen MR) is 94.2 cm³/mol. The number of oxime groups is 1. The highest BCUT2D eigenvalue weighted by Crippen LogP contribution is 2.31. The summed E-state index contributed by atoms with van der Waals surface area (Å²) in [4.78, 5) is 40.9. The first-order valence-electron chi connectivity index (χ1n) is 7.65. The number of rotatable bonds is 4. The van der Waals surface area contributed by atoms with Crippen LogP contribution in [0.3, 0.4) is 0 Å². The van der Waals surface area contributed by atoms with Gasteiger partial charge in [0.2, 0.25) is 5.78 Å². The molecule has 0 saturated carbocycles. The highest BCUT2D eigenvalue weighted by molar-refractivity contribution is 7.99. The van der Waals surface area contributed by atoms with E-state index >= 15 is 0 Å². The number of hydrogen-bond acceptors (Lipinski definition) is 6. The molecule has 6 heteroatoms. The van der Waals surface area contributed by atoms with E-state index in [2.05, 4.69) is 9.99 Å². The summed E-state index contributed by atoms with van der Waals surface area (Å²) in [5, 5.41) is 3.64. The van der Waals surface area contributed by atoms with Gasteiger partial charge in [-0.15, -0.1) is 0 Å². The zero-order chi connectivity index (χ0) is 18.0. The summed E-state index contributed by atoms with van der Waals surface area (Å²) in [5.74, 6) is -0.729. The molecule has 25 heavy (non-hydrogen) atoms. The van der Waals surface area contributed by atoms with Crippen LogP contribution < -0.4 is 0 Å². The number of carbonyl (C=O) groups is 3. The van der Waals surface area contributed by atoms with Crippen LogP contribution in [0.1, 0.15) is 40.1 Å². The molecule has 0 N–H and O–H groups in total. The van der Waals surface area contributed by atoms with Gasteiger partial charge in [0.15, 0.2) is 5.78 Å². The zero-order valence-corrected chi connectivity index (χ0v) is 14.6. The van der Waals surface area contributed by atoms with Crippen molar-refractivity contribution in [3.8, 4) is 0 Å². The van der Waals surface area contributed by atoms with E-state index in [1.165, 1.54) is 13.8 Å². The van der Waals surface area contributed by atoms with Crippen molar-refractivity contribution >= 4 is 35.0 Å². The maximum absolute atomic E-state index is 12.2. The van der Waals surface area contributed by atoms with Crippen LogP contribution in [-0.4, -0.2) is 23.2 Å². The summed E-state index contributed by atoms with van der Waals surface area (Å²) < 4.78 is 0. The summed E-state index contributed by atoms with van der Waals surface area (Å²) >= 11 is 1.55. The molecule has 1 aliphatic rings. The molecule has 2 aromatic rings. The SMILES string of the molecule is CC(=O)ON=C1Cc2cc(Sc3ccc(C(C)=O)cc3)ccc2C1=O. The molecule has 0 heterocycles. The number of carbonyl (C=O) groups excluding carboxylic acids is 3. The fraction of sp³-hybridized carbons (Fsp3) is 0.158. The van der Waals surface area contributed by atoms with Crippen molar-refractivity contribution in [2.75, 3.05) is 0 Å². The Balaban J connectivity index is 1.78. The number of ketones is 2. The molecule has 0 bridgehead atoms. The minimum absolute atomic E-state index is 0.0344. The quantitative estimate of drug-likeness (QED) is 0.476. The smallest absolute Gasteiger partial charge is 0.318 e. The molecule has 0 spiro atoms. The molecule has 0 amide bonds. The Labute approximate surface area is 149 Å². The Kier molecular flexibility index (Phi) is 4.81. The van der Waals surface area contributed by atoms with Crippen LogP contribution in [0.5, 0.6) is 0 Å². The normalized spacial score (nSPS) is 14.5. The van der Waals surface area contributed by atoms with Gasteiger partial charge in [0.05, 0.1) is 0 Å². The minimum Gasteiger partial charge on any atom is -0.318 e. The van der Waals surface area contributed by atoms with Gasteiger partial charge in [-0.1, -0.05) is 29.1 Å². The molecule has 0 fully saturated rings. The Hall–Kier alpha value is -2.73. The van der Waals surface area contributed by atoms with Crippen LogP contribution in [-0.2, 0) is 16.1 Å². The van der Waals surface area contributed by atoms with E-state index in [9.17, 15) is 14.4 Å². The molecule has 0 saturated heterocycles. The molecule has 1 aliphatic carbocycles. The second kappa shape index (κ2) is 7.03. The lowest BCUT2D eigenvalue weighted by Crippen LogP contribution is -2.09. The van der Waals surface area contributed by atoms with Gasteiger partial charge in [-0.3, -0.25) is 9.59 Å². The summed E-state index contributed by atoms with van der Waals surface area (Å²) in [6.07, 6.45) is 0.346. The molecule has 0 atom stereocenters. The third kappa shape index (κ3) is 3.85. The second-order valence-corrected chi connectivity index (χ2v) is 6.78. The van der Waals surface area contributed by atoms with Crippen molar-refractivity contribution < 1.29 is 19.2 Å². The lowest BCUT2D eigenvalue weighted by molar-refractivity contribution is -0.140. The van der Waals surface area contributed by atoms with Crippen molar-refractivity contribution in [1.29, 1.82) is 0 Å². The van der Waals surface area contributed by atoms with Crippen LogP contribution in [0.25, 0.3) is 0 Å². The molecule has 0 aliphatic heterocycles. The third-order valence-electron chi connectivity index (χ3n) is 3.72. The second-order valence-electron chi connectivity index (χ2n) is 5.63. The number of Topliss-reactive ketones (excluding diaryl/α,β-unsaturated/α-hetero) is 2. The summed E-state index contributed by atoms with van der Waals surface area (Å²) in [5.41, 5.74) is 2.36. The van der Waals surface area contributed by atoms with E-state index in [1.807, 2.05) is 24.3 Å². The molecule has 0 unspecified atom stereocenters. The first-order valence-corrected chi connectivity index (χ1v) is 8.46. The molecule has 2 aromatic carbocycles. The topological polar surface area (TPSA) is 72.8 Å².